The normalized spacial score (nSPS) is 10.3. The van der Waals surface area contributed by atoms with Crippen molar-refractivity contribution in [2.75, 3.05) is 12.4 Å². The molecule has 3 aromatic rings. The van der Waals surface area contributed by atoms with Gasteiger partial charge in [0.05, 0.1) is 12.8 Å². The first kappa shape index (κ1) is 18.7. The van der Waals surface area contributed by atoms with E-state index in [1.54, 1.807) is 19.2 Å². The fraction of sp³-hybridized carbons (Fsp3) is 0.150. The van der Waals surface area contributed by atoms with Crippen LogP contribution in [0.15, 0.2) is 54.7 Å². The molecule has 0 aliphatic carbocycles. The van der Waals surface area contributed by atoms with E-state index in [0.717, 1.165) is 11.1 Å². The van der Waals surface area contributed by atoms with Crippen LogP contribution in [0, 0.1) is 6.92 Å². The van der Waals surface area contributed by atoms with Crippen LogP contribution in [0.5, 0.6) is 5.75 Å². The van der Waals surface area contributed by atoms with Crippen molar-refractivity contribution in [1.29, 1.82) is 0 Å². The Balaban J connectivity index is 1.74. The Hall–Kier alpha value is -3.12. The Bertz CT molecular complexity index is 948. The molecule has 0 atom stereocenters. The number of benzene rings is 2. The molecule has 0 unspecified atom stereocenters. The minimum Gasteiger partial charge on any atom is -0.495 e. The molecule has 138 valence electrons. The van der Waals surface area contributed by atoms with E-state index in [4.69, 9.17) is 16.3 Å². The minimum absolute atomic E-state index is 0.271. The monoisotopic (exact) mass is 382 g/mol. The lowest BCUT2D eigenvalue weighted by molar-refractivity contribution is 0.0946. The van der Waals surface area contributed by atoms with Crippen molar-refractivity contribution < 1.29 is 9.53 Å². The zero-order valence-electron chi connectivity index (χ0n) is 15.0. The maximum absolute atomic E-state index is 12.4. The predicted molar refractivity (Wildman–Crippen MR) is 106 cm³/mol. The fourth-order valence-electron chi connectivity index (χ4n) is 2.46. The smallest absolute Gasteiger partial charge is 0.270 e. The van der Waals surface area contributed by atoms with Crippen molar-refractivity contribution in [3.05, 3.63) is 76.6 Å². The van der Waals surface area contributed by atoms with Crippen LogP contribution in [0.4, 0.5) is 11.6 Å². The Morgan fingerprint density at radius 2 is 1.96 bits per heavy atom. The summed E-state index contributed by atoms with van der Waals surface area (Å²) in [4.78, 5) is 20.8. The van der Waals surface area contributed by atoms with Gasteiger partial charge in [0, 0.05) is 23.8 Å². The van der Waals surface area contributed by atoms with Gasteiger partial charge in [-0.1, -0.05) is 41.9 Å². The van der Waals surface area contributed by atoms with E-state index < -0.39 is 0 Å². The van der Waals surface area contributed by atoms with Crippen LogP contribution in [0.2, 0.25) is 5.02 Å². The maximum atomic E-state index is 12.4. The van der Waals surface area contributed by atoms with Gasteiger partial charge < -0.3 is 15.4 Å². The van der Waals surface area contributed by atoms with Crippen molar-refractivity contribution in [1.82, 2.24) is 15.3 Å². The summed E-state index contributed by atoms with van der Waals surface area (Å²) < 4.78 is 5.34. The molecule has 0 spiro atoms. The molecule has 27 heavy (non-hydrogen) atoms. The SMILES string of the molecule is COc1cc(Cl)c(C)cc1Nc1nccc(C(=O)NCc2ccccc2)n1. The van der Waals surface area contributed by atoms with Crippen molar-refractivity contribution in [2.24, 2.45) is 0 Å². The lowest BCUT2D eigenvalue weighted by atomic mass is 10.2. The minimum atomic E-state index is -0.274. The molecule has 0 saturated carbocycles. The Morgan fingerprint density at radius 1 is 1.19 bits per heavy atom. The Morgan fingerprint density at radius 3 is 2.70 bits per heavy atom. The van der Waals surface area contributed by atoms with Crippen molar-refractivity contribution in [2.45, 2.75) is 13.5 Å². The van der Waals surface area contributed by atoms with Crippen molar-refractivity contribution in [3.8, 4) is 5.75 Å². The van der Waals surface area contributed by atoms with Crippen LogP contribution in [0.3, 0.4) is 0 Å². The number of carbonyl (C=O) groups is 1. The molecule has 1 aromatic heterocycles. The van der Waals surface area contributed by atoms with E-state index in [9.17, 15) is 4.79 Å². The topological polar surface area (TPSA) is 76.1 Å². The number of aromatic nitrogens is 2. The third-order valence-corrected chi connectivity index (χ3v) is 4.32. The molecule has 3 rings (SSSR count). The number of methoxy groups -OCH3 is 1. The highest BCUT2D eigenvalue weighted by atomic mass is 35.5. The van der Waals surface area contributed by atoms with Crippen molar-refractivity contribution >= 4 is 29.1 Å². The summed E-state index contributed by atoms with van der Waals surface area (Å²) in [5, 5.41) is 6.53. The van der Waals surface area contributed by atoms with E-state index in [2.05, 4.69) is 20.6 Å². The van der Waals surface area contributed by atoms with Gasteiger partial charge in [-0.05, 0) is 30.2 Å². The molecule has 0 saturated heterocycles. The second-order valence-corrected chi connectivity index (χ2v) is 6.27. The van der Waals surface area contributed by atoms with Crippen LogP contribution < -0.4 is 15.4 Å². The first-order chi connectivity index (χ1) is 13.1. The molecule has 0 radical (unpaired) electrons. The summed E-state index contributed by atoms with van der Waals surface area (Å²) in [5.74, 6) is 0.582. The average Bonchev–Trinajstić information content (AvgIpc) is 2.69. The Kier molecular flexibility index (Phi) is 5.88. The Labute approximate surface area is 162 Å². The van der Waals surface area contributed by atoms with E-state index in [1.807, 2.05) is 43.3 Å². The maximum Gasteiger partial charge on any atom is 0.270 e. The largest absolute Gasteiger partial charge is 0.495 e. The van der Waals surface area contributed by atoms with E-state index in [1.165, 1.54) is 6.20 Å². The lowest BCUT2D eigenvalue weighted by Gasteiger charge is -2.12. The molecule has 2 N–H and O–H groups in total. The van der Waals surface area contributed by atoms with E-state index >= 15 is 0 Å². The van der Waals surface area contributed by atoms with Gasteiger partial charge in [0.1, 0.15) is 11.4 Å². The van der Waals surface area contributed by atoms with Gasteiger partial charge >= 0.3 is 0 Å². The second-order valence-electron chi connectivity index (χ2n) is 5.86. The second kappa shape index (κ2) is 8.51. The van der Waals surface area contributed by atoms with Crippen LogP contribution in [-0.4, -0.2) is 23.0 Å². The number of nitrogens with one attached hydrogen (secondary N) is 2. The standard InChI is InChI=1S/C20H19ClN4O2/c1-13-10-17(18(27-2)11-15(13)21)25-20-22-9-8-16(24-20)19(26)23-12-14-6-4-3-5-7-14/h3-11H,12H2,1-2H3,(H,23,26)(H,22,24,25). The van der Waals surface area contributed by atoms with Gasteiger partial charge in [-0.25, -0.2) is 9.97 Å². The highest BCUT2D eigenvalue weighted by molar-refractivity contribution is 6.31. The highest BCUT2D eigenvalue weighted by Crippen LogP contribution is 2.32. The summed E-state index contributed by atoms with van der Waals surface area (Å²) in [5.41, 5.74) is 2.84. The zero-order valence-corrected chi connectivity index (χ0v) is 15.7. The van der Waals surface area contributed by atoms with Gasteiger partial charge in [-0.2, -0.15) is 0 Å². The summed E-state index contributed by atoms with van der Waals surface area (Å²) in [6, 6.07) is 14.8. The van der Waals surface area contributed by atoms with Crippen LogP contribution in [0.25, 0.3) is 0 Å². The van der Waals surface area contributed by atoms with Gasteiger partial charge in [0.25, 0.3) is 5.91 Å². The predicted octanol–water partition coefficient (Wildman–Crippen LogP) is 4.12. The average molecular weight is 383 g/mol. The first-order valence-corrected chi connectivity index (χ1v) is 8.71. The van der Waals surface area contributed by atoms with Crippen LogP contribution >= 0.6 is 11.6 Å². The third kappa shape index (κ3) is 4.74. The van der Waals surface area contributed by atoms with Gasteiger partial charge in [0.2, 0.25) is 5.95 Å². The molecule has 1 heterocycles. The van der Waals surface area contributed by atoms with E-state index in [0.29, 0.717) is 29.0 Å². The van der Waals surface area contributed by atoms with Gasteiger partial charge in [0.15, 0.2) is 0 Å². The highest BCUT2D eigenvalue weighted by Gasteiger charge is 2.12. The number of amides is 1. The number of anilines is 2. The number of ether oxygens (including phenoxy) is 1. The summed E-state index contributed by atoms with van der Waals surface area (Å²) in [7, 11) is 1.56. The fourth-order valence-corrected chi connectivity index (χ4v) is 2.62. The number of carbonyl (C=O) groups excluding carboxylic acids is 1. The van der Waals surface area contributed by atoms with Gasteiger partial charge in [-0.3, -0.25) is 4.79 Å². The molecule has 2 aromatic carbocycles. The summed E-state index contributed by atoms with van der Waals surface area (Å²) in [6.07, 6.45) is 1.53. The number of halogens is 1. The molecule has 0 aliphatic rings. The molecule has 0 fully saturated rings. The molecule has 0 bridgehead atoms. The third-order valence-electron chi connectivity index (χ3n) is 3.91. The first-order valence-electron chi connectivity index (χ1n) is 8.33. The quantitative estimate of drug-likeness (QED) is 0.670. The molecular weight excluding hydrogens is 364 g/mol. The number of hydrogen-bond acceptors (Lipinski definition) is 5. The number of hydrogen-bond donors (Lipinski definition) is 2. The molecular formula is C20H19ClN4O2. The number of aryl methyl sites for hydroxylation is 1. The molecule has 7 heteroatoms. The van der Waals surface area contributed by atoms with Crippen LogP contribution in [0.1, 0.15) is 21.6 Å². The molecule has 0 aliphatic heterocycles. The molecule has 1 amide bonds. The number of nitrogens with zero attached hydrogens (tertiary/aromatic N) is 2. The van der Waals surface area contributed by atoms with Gasteiger partial charge in [-0.15, -0.1) is 0 Å². The summed E-state index contributed by atoms with van der Waals surface area (Å²) in [6.45, 7) is 2.32. The molecule has 6 nitrogen and oxygen atoms in total. The van der Waals surface area contributed by atoms with Crippen molar-refractivity contribution in [3.63, 3.8) is 0 Å². The van der Waals surface area contributed by atoms with E-state index in [-0.39, 0.29) is 11.6 Å². The summed E-state index contributed by atoms with van der Waals surface area (Å²) >= 11 is 6.13. The number of rotatable bonds is 6. The lowest BCUT2D eigenvalue weighted by Crippen LogP contribution is -2.24. The zero-order chi connectivity index (χ0) is 19.2. The van der Waals surface area contributed by atoms with Crippen LogP contribution in [-0.2, 0) is 6.54 Å².